The Labute approximate surface area is 84.7 Å². The standard InChI is InChI=1S/C10H19NO2.FH/c1-8(6-5-7-11)9(12)13-10(2,3)4;/h1,5-7,11H2,2-4H3;1H. The largest absolute Gasteiger partial charge is 0.457 e. The summed E-state index contributed by atoms with van der Waals surface area (Å²) in [6.07, 6.45) is 1.39. The van der Waals surface area contributed by atoms with Crippen LogP contribution in [0.1, 0.15) is 33.6 Å². The minimum absolute atomic E-state index is 0. The molecule has 0 aliphatic heterocycles. The number of hydrogen-bond acceptors (Lipinski definition) is 3. The van der Waals surface area contributed by atoms with Crippen LogP contribution in [-0.2, 0) is 9.53 Å². The first-order valence-electron chi connectivity index (χ1n) is 4.48. The summed E-state index contributed by atoms with van der Waals surface area (Å²) in [5.41, 5.74) is 5.37. The van der Waals surface area contributed by atoms with E-state index in [9.17, 15) is 4.79 Å². The van der Waals surface area contributed by atoms with Gasteiger partial charge in [0.2, 0.25) is 0 Å². The van der Waals surface area contributed by atoms with Crippen LogP contribution in [0.5, 0.6) is 0 Å². The Morgan fingerprint density at radius 3 is 2.29 bits per heavy atom. The maximum absolute atomic E-state index is 11.3. The van der Waals surface area contributed by atoms with Gasteiger partial charge in [-0.05, 0) is 40.2 Å². The number of halogens is 1. The average Bonchev–Trinajstić information content (AvgIpc) is 1.96. The zero-order valence-corrected chi connectivity index (χ0v) is 9.13. The summed E-state index contributed by atoms with van der Waals surface area (Å²) in [7, 11) is 0. The molecule has 0 bridgehead atoms. The summed E-state index contributed by atoms with van der Waals surface area (Å²) in [6, 6.07) is 0. The number of rotatable bonds is 4. The molecule has 0 heterocycles. The Bertz CT molecular complexity index is 197. The van der Waals surface area contributed by atoms with Gasteiger partial charge in [-0.1, -0.05) is 6.58 Å². The molecule has 4 heteroatoms. The molecule has 0 spiro atoms. The van der Waals surface area contributed by atoms with Crippen LogP contribution >= 0.6 is 0 Å². The third-order valence-electron chi connectivity index (χ3n) is 1.37. The zero-order valence-electron chi connectivity index (χ0n) is 9.13. The second-order valence-corrected chi connectivity index (χ2v) is 4.00. The predicted octanol–water partition coefficient (Wildman–Crippen LogP) is 1.78. The van der Waals surface area contributed by atoms with Gasteiger partial charge in [0, 0.05) is 5.57 Å². The molecule has 0 radical (unpaired) electrons. The number of carbonyl (C=O) groups is 1. The number of carbonyl (C=O) groups excluding carboxylic acids is 1. The van der Waals surface area contributed by atoms with E-state index in [2.05, 4.69) is 6.58 Å². The lowest BCUT2D eigenvalue weighted by molar-refractivity contribution is -0.150. The molecule has 0 saturated carbocycles. The van der Waals surface area contributed by atoms with Crippen molar-refractivity contribution in [2.45, 2.75) is 39.2 Å². The van der Waals surface area contributed by atoms with Gasteiger partial charge in [-0.2, -0.15) is 0 Å². The molecule has 0 aromatic heterocycles. The molecule has 0 amide bonds. The average molecular weight is 205 g/mol. The normalized spacial score (nSPS) is 10.3. The summed E-state index contributed by atoms with van der Waals surface area (Å²) in [5, 5.41) is 0. The Balaban J connectivity index is 0. The molecule has 0 atom stereocenters. The highest BCUT2D eigenvalue weighted by molar-refractivity contribution is 5.87. The van der Waals surface area contributed by atoms with Gasteiger partial charge in [-0.3, -0.25) is 4.70 Å². The van der Waals surface area contributed by atoms with Crippen molar-refractivity contribution < 1.29 is 14.2 Å². The molecule has 0 rings (SSSR count). The predicted molar refractivity (Wildman–Crippen MR) is 55.8 cm³/mol. The van der Waals surface area contributed by atoms with Crippen LogP contribution in [-0.4, -0.2) is 18.1 Å². The summed E-state index contributed by atoms with van der Waals surface area (Å²) in [5.74, 6) is -0.319. The molecule has 84 valence electrons. The fourth-order valence-electron chi connectivity index (χ4n) is 0.768. The monoisotopic (exact) mass is 205 g/mol. The van der Waals surface area contributed by atoms with Crippen molar-refractivity contribution in [3.8, 4) is 0 Å². The van der Waals surface area contributed by atoms with Crippen LogP contribution in [0.2, 0.25) is 0 Å². The zero-order chi connectivity index (χ0) is 10.5. The van der Waals surface area contributed by atoms with Crippen molar-refractivity contribution in [2.24, 2.45) is 5.73 Å². The van der Waals surface area contributed by atoms with Crippen molar-refractivity contribution in [1.82, 2.24) is 0 Å². The molecular formula is C10H20FNO2. The van der Waals surface area contributed by atoms with E-state index in [0.717, 1.165) is 6.42 Å². The van der Waals surface area contributed by atoms with Crippen LogP contribution in [0.25, 0.3) is 0 Å². The van der Waals surface area contributed by atoms with E-state index in [1.807, 2.05) is 20.8 Å². The summed E-state index contributed by atoms with van der Waals surface area (Å²) in [6.45, 7) is 9.72. The highest BCUT2D eigenvalue weighted by atomic mass is 19.0. The van der Waals surface area contributed by atoms with Gasteiger partial charge in [-0.15, -0.1) is 0 Å². The van der Waals surface area contributed by atoms with E-state index in [-0.39, 0.29) is 10.7 Å². The van der Waals surface area contributed by atoms with Gasteiger partial charge < -0.3 is 10.5 Å². The second kappa shape index (κ2) is 6.54. The van der Waals surface area contributed by atoms with Crippen molar-refractivity contribution in [1.29, 1.82) is 0 Å². The Morgan fingerprint density at radius 1 is 1.43 bits per heavy atom. The van der Waals surface area contributed by atoms with Gasteiger partial charge in [0.1, 0.15) is 5.60 Å². The number of esters is 1. The molecule has 2 N–H and O–H groups in total. The van der Waals surface area contributed by atoms with Crippen molar-refractivity contribution >= 4 is 5.97 Å². The lowest BCUT2D eigenvalue weighted by Crippen LogP contribution is -2.24. The molecule has 14 heavy (non-hydrogen) atoms. The number of ether oxygens (including phenoxy) is 1. The quantitative estimate of drug-likeness (QED) is 0.562. The number of nitrogens with two attached hydrogens (primary N) is 1. The fraction of sp³-hybridized carbons (Fsp3) is 0.700. The molecule has 0 aliphatic carbocycles. The Kier molecular flexibility index (Phi) is 7.27. The maximum Gasteiger partial charge on any atom is 0.333 e. The first kappa shape index (κ1) is 15.6. The molecule has 0 aromatic carbocycles. The van der Waals surface area contributed by atoms with Crippen molar-refractivity contribution in [3.63, 3.8) is 0 Å². The van der Waals surface area contributed by atoms with Crippen molar-refractivity contribution in [3.05, 3.63) is 12.2 Å². The van der Waals surface area contributed by atoms with E-state index >= 15 is 0 Å². The first-order chi connectivity index (χ1) is 5.87. The Hall–Kier alpha value is -0.900. The molecule has 0 aliphatic rings. The lowest BCUT2D eigenvalue weighted by atomic mass is 10.1. The van der Waals surface area contributed by atoms with Gasteiger partial charge >= 0.3 is 5.97 Å². The van der Waals surface area contributed by atoms with Crippen LogP contribution in [0.3, 0.4) is 0 Å². The van der Waals surface area contributed by atoms with E-state index in [1.165, 1.54) is 0 Å². The minimum Gasteiger partial charge on any atom is -0.457 e. The third kappa shape index (κ3) is 7.73. The van der Waals surface area contributed by atoms with Crippen LogP contribution in [0.15, 0.2) is 12.2 Å². The maximum atomic E-state index is 11.3. The van der Waals surface area contributed by atoms with Crippen LogP contribution < -0.4 is 5.73 Å². The highest BCUT2D eigenvalue weighted by Crippen LogP contribution is 2.12. The van der Waals surface area contributed by atoms with Crippen molar-refractivity contribution in [2.75, 3.05) is 6.54 Å². The highest BCUT2D eigenvalue weighted by Gasteiger charge is 2.17. The van der Waals surface area contributed by atoms with Gasteiger partial charge in [-0.25, -0.2) is 4.79 Å². The molecule has 0 aromatic rings. The molecule has 0 saturated heterocycles. The van der Waals surface area contributed by atoms with E-state index in [1.54, 1.807) is 0 Å². The Morgan fingerprint density at radius 2 is 1.93 bits per heavy atom. The smallest absolute Gasteiger partial charge is 0.333 e. The SMILES string of the molecule is C=C(CCCN)C(=O)OC(C)(C)C.F. The summed E-state index contributed by atoms with van der Waals surface area (Å²) < 4.78 is 5.12. The van der Waals surface area contributed by atoms with E-state index < -0.39 is 5.60 Å². The first-order valence-corrected chi connectivity index (χ1v) is 4.48. The topological polar surface area (TPSA) is 52.3 Å². The van der Waals surface area contributed by atoms with Crippen LogP contribution in [0.4, 0.5) is 4.70 Å². The van der Waals surface area contributed by atoms with Crippen LogP contribution in [0, 0.1) is 0 Å². The molecule has 0 unspecified atom stereocenters. The van der Waals surface area contributed by atoms with Gasteiger partial charge in [0.05, 0.1) is 0 Å². The fourth-order valence-corrected chi connectivity index (χ4v) is 0.768. The summed E-state index contributed by atoms with van der Waals surface area (Å²) >= 11 is 0. The van der Waals surface area contributed by atoms with Gasteiger partial charge in [0.25, 0.3) is 0 Å². The molecule has 3 nitrogen and oxygen atoms in total. The lowest BCUT2D eigenvalue weighted by Gasteiger charge is -2.20. The molecule has 0 fully saturated rings. The van der Waals surface area contributed by atoms with Gasteiger partial charge in [0.15, 0.2) is 0 Å². The van der Waals surface area contributed by atoms with E-state index in [0.29, 0.717) is 18.5 Å². The molecular weight excluding hydrogens is 185 g/mol. The third-order valence-corrected chi connectivity index (χ3v) is 1.37. The number of hydrogen-bond donors (Lipinski definition) is 1. The second-order valence-electron chi connectivity index (χ2n) is 4.00. The van der Waals surface area contributed by atoms with E-state index in [4.69, 9.17) is 10.5 Å². The minimum atomic E-state index is -0.442. The summed E-state index contributed by atoms with van der Waals surface area (Å²) in [4.78, 5) is 11.3.